The number of carbonyl (C=O) groups is 2. The summed E-state index contributed by atoms with van der Waals surface area (Å²) < 4.78 is 0. The third kappa shape index (κ3) is 9.04. The molecule has 2 amide bonds. The van der Waals surface area contributed by atoms with Crippen LogP contribution in [0.2, 0.25) is 0 Å². The molecule has 4 nitrogen and oxygen atoms in total. The fraction of sp³-hybridized carbons (Fsp3) is 0.391. The monoisotopic (exact) mass is 368 g/mol. The highest BCUT2D eigenvalue weighted by Gasteiger charge is 2.13. The molecule has 3 N–H and O–H groups in total. The zero-order chi connectivity index (χ0) is 20.2. The zero-order valence-electron chi connectivity index (χ0n) is 17.0. The normalized spacial score (nSPS) is 11.9. The molecule has 0 aliphatic rings. The second-order valence-corrected chi connectivity index (χ2v) is 7.08. The number of nitrogens with one attached hydrogen (secondary N) is 1. The molecule has 4 heteroatoms. The lowest BCUT2D eigenvalue weighted by Gasteiger charge is -2.07. The van der Waals surface area contributed by atoms with E-state index in [0.717, 1.165) is 25.7 Å². The predicted molar refractivity (Wildman–Crippen MR) is 113 cm³/mol. The summed E-state index contributed by atoms with van der Waals surface area (Å²) >= 11 is 0. The van der Waals surface area contributed by atoms with Crippen molar-refractivity contribution in [1.29, 1.82) is 0 Å². The molecule has 0 saturated carbocycles. The molecule has 1 aromatic rings. The summed E-state index contributed by atoms with van der Waals surface area (Å²) in [4.78, 5) is 23.6. The Hall–Kier alpha value is -2.62. The Balaban J connectivity index is 2.44. The molecule has 0 radical (unpaired) electrons. The van der Waals surface area contributed by atoms with Gasteiger partial charge in [-0.2, -0.15) is 0 Å². The molecule has 1 rings (SSSR count). The molecule has 0 unspecified atom stereocenters. The lowest BCUT2D eigenvalue weighted by Crippen LogP contribution is -2.27. The first-order valence-corrected chi connectivity index (χ1v) is 9.43. The van der Waals surface area contributed by atoms with E-state index in [4.69, 9.17) is 5.73 Å². The van der Waals surface area contributed by atoms with Crippen molar-refractivity contribution in [2.45, 2.75) is 53.4 Å². The minimum absolute atomic E-state index is 0.240. The largest absolute Gasteiger partial charge is 0.366 e. The van der Waals surface area contributed by atoms with E-state index in [0.29, 0.717) is 12.1 Å². The summed E-state index contributed by atoms with van der Waals surface area (Å²) in [6.45, 7) is 8.92. The zero-order valence-corrected chi connectivity index (χ0v) is 17.0. The van der Waals surface area contributed by atoms with Gasteiger partial charge in [-0.1, -0.05) is 47.1 Å². The van der Waals surface area contributed by atoms with Gasteiger partial charge in [-0.25, -0.2) is 0 Å². The molecule has 0 heterocycles. The Kier molecular flexibility index (Phi) is 9.88. The quantitative estimate of drug-likeness (QED) is 0.574. The molecule has 0 saturated heterocycles. The highest BCUT2D eigenvalue weighted by molar-refractivity contribution is 6.06. The maximum Gasteiger partial charge on any atom is 0.252 e. The van der Waals surface area contributed by atoms with E-state index in [9.17, 15) is 9.59 Å². The molecule has 1 aromatic carbocycles. The molecule has 0 aromatic heterocycles. The summed E-state index contributed by atoms with van der Waals surface area (Å²) in [5.74, 6) is -0.886. The summed E-state index contributed by atoms with van der Waals surface area (Å²) in [6, 6.07) is 6.57. The number of primary amides is 1. The molecule has 0 aliphatic carbocycles. The smallest absolute Gasteiger partial charge is 0.252 e. The van der Waals surface area contributed by atoms with Crippen molar-refractivity contribution >= 4 is 11.8 Å². The van der Waals surface area contributed by atoms with Crippen LogP contribution in [-0.4, -0.2) is 18.4 Å². The molecule has 0 aliphatic heterocycles. The fourth-order valence-corrected chi connectivity index (χ4v) is 2.65. The summed E-state index contributed by atoms with van der Waals surface area (Å²) in [6.07, 6.45) is 10.7. The van der Waals surface area contributed by atoms with Gasteiger partial charge in [0.1, 0.15) is 0 Å². The van der Waals surface area contributed by atoms with Crippen LogP contribution in [0.3, 0.4) is 0 Å². The number of carbonyl (C=O) groups excluding carboxylic acids is 2. The highest BCUT2D eigenvalue weighted by Crippen LogP contribution is 2.11. The van der Waals surface area contributed by atoms with Crippen molar-refractivity contribution in [3.05, 3.63) is 70.3 Å². The average molecular weight is 369 g/mol. The van der Waals surface area contributed by atoms with Crippen LogP contribution < -0.4 is 11.1 Å². The number of hydrogen-bond donors (Lipinski definition) is 2. The summed E-state index contributed by atoms with van der Waals surface area (Å²) in [5.41, 5.74) is 9.87. The number of rotatable bonds is 10. The molecule has 0 atom stereocenters. The third-order valence-corrected chi connectivity index (χ3v) is 4.27. The number of hydrogen-bond acceptors (Lipinski definition) is 2. The first kappa shape index (κ1) is 22.4. The number of benzene rings is 1. The van der Waals surface area contributed by atoms with E-state index in [2.05, 4.69) is 45.2 Å². The molecule has 0 fully saturated rings. The van der Waals surface area contributed by atoms with Gasteiger partial charge < -0.3 is 11.1 Å². The van der Waals surface area contributed by atoms with Gasteiger partial charge in [0.15, 0.2) is 0 Å². The lowest BCUT2D eigenvalue weighted by molar-refractivity contribution is 0.0939. The van der Waals surface area contributed by atoms with Crippen molar-refractivity contribution in [2.24, 2.45) is 5.73 Å². The highest BCUT2D eigenvalue weighted by atomic mass is 16.2. The maximum atomic E-state index is 12.2. The minimum atomic E-state index is -0.598. The van der Waals surface area contributed by atoms with Crippen molar-refractivity contribution in [2.75, 3.05) is 6.54 Å². The molecule has 0 bridgehead atoms. The number of nitrogens with two attached hydrogens (primary N) is 1. The minimum Gasteiger partial charge on any atom is -0.366 e. The van der Waals surface area contributed by atoms with Crippen molar-refractivity contribution in [3.63, 3.8) is 0 Å². The number of allylic oxidation sites excluding steroid dienone is 5. The molecular weight excluding hydrogens is 336 g/mol. The van der Waals surface area contributed by atoms with Gasteiger partial charge in [0.25, 0.3) is 5.91 Å². The van der Waals surface area contributed by atoms with Crippen LogP contribution in [-0.2, 0) is 0 Å². The predicted octanol–water partition coefficient (Wildman–Crippen LogP) is 4.93. The van der Waals surface area contributed by atoms with Gasteiger partial charge in [0.2, 0.25) is 5.91 Å². The van der Waals surface area contributed by atoms with Gasteiger partial charge in [-0.05, 0) is 65.5 Å². The second kappa shape index (κ2) is 11.9. The van der Waals surface area contributed by atoms with Crippen LogP contribution in [0, 0.1) is 0 Å². The Morgan fingerprint density at radius 1 is 0.889 bits per heavy atom. The van der Waals surface area contributed by atoms with E-state index < -0.39 is 5.91 Å². The van der Waals surface area contributed by atoms with E-state index in [1.807, 2.05) is 6.08 Å². The summed E-state index contributed by atoms with van der Waals surface area (Å²) in [5, 5.41) is 2.82. The van der Waals surface area contributed by atoms with Gasteiger partial charge in [-0.15, -0.1) is 0 Å². The van der Waals surface area contributed by atoms with Crippen LogP contribution >= 0.6 is 0 Å². The number of amides is 2. The van der Waals surface area contributed by atoms with Crippen LogP contribution in [0.4, 0.5) is 0 Å². The van der Waals surface area contributed by atoms with E-state index in [-0.39, 0.29) is 11.5 Å². The van der Waals surface area contributed by atoms with Crippen LogP contribution in [0.1, 0.15) is 74.1 Å². The van der Waals surface area contributed by atoms with E-state index in [1.54, 1.807) is 24.3 Å². The molecule has 146 valence electrons. The second-order valence-electron chi connectivity index (χ2n) is 7.08. The SMILES string of the molecule is CC(C)=CCCC(C)=CCCC(C)=CCNC(=O)c1ccccc1C(N)=O. The third-order valence-electron chi connectivity index (χ3n) is 4.27. The Morgan fingerprint density at radius 2 is 1.44 bits per heavy atom. The maximum absolute atomic E-state index is 12.2. The molecule has 27 heavy (non-hydrogen) atoms. The first-order valence-electron chi connectivity index (χ1n) is 9.43. The van der Waals surface area contributed by atoms with Crippen LogP contribution in [0.5, 0.6) is 0 Å². The van der Waals surface area contributed by atoms with E-state index >= 15 is 0 Å². The van der Waals surface area contributed by atoms with Gasteiger partial charge >= 0.3 is 0 Å². The van der Waals surface area contributed by atoms with Crippen molar-refractivity contribution in [1.82, 2.24) is 5.32 Å². The topological polar surface area (TPSA) is 72.2 Å². The Bertz CT molecular complexity index is 739. The Morgan fingerprint density at radius 3 is 2.04 bits per heavy atom. The van der Waals surface area contributed by atoms with Gasteiger partial charge in [-0.3, -0.25) is 9.59 Å². The fourth-order valence-electron chi connectivity index (χ4n) is 2.65. The van der Waals surface area contributed by atoms with Crippen LogP contribution in [0.15, 0.2) is 59.2 Å². The lowest BCUT2D eigenvalue weighted by atomic mass is 10.1. The standard InChI is InChI=1S/C23H32N2O2/c1-17(2)9-7-10-18(3)11-8-12-19(4)15-16-25-23(27)21-14-6-5-13-20(21)22(24)26/h5-6,9,11,13-15H,7-8,10,12,16H2,1-4H3,(H2,24,26)(H,25,27). The Labute approximate surface area is 163 Å². The van der Waals surface area contributed by atoms with Gasteiger partial charge in [0.05, 0.1) is 11.1 Å². The first-order chi connectivity index (χ1) is 12.8. The van der Waals surface area contributed by atoms with E-state index in [1.165, 1.54) is 16.7 Å². The van der Waals surface area contributed by atoms with Gasteiger partial charge in [0, 0.05) is 6.54 Å². The molecular formula is C23H32N2O2. The van der Waals surface area contributed by atoms with Crippen molar-refractivity contribution in [3.8, 4) is 0 Å². The average Bonchev–Trinajstić information content (AvgIpc) is 2.61. The summed E-state index contributed by atoms with van der Waals surface area (Å²) in [7, 11) is 0. The molecule has 0 spiro atoms. The van der Waals surface area contributed by atoms with Crippen molar-refractivity contribution < 1.29 is 9.59 Å². The van der Waals surface area contributed by atoms with Crippen LogP contribution in [0.25, 0.3) is 0 Å².